The Labute approximate surface area is 213 Å². The number of hydrogen-bond donors (Lipinski definition) is 2. The van der Waals surface area contributed by atoms with Gasteiger partial charge in [-0.25, -0.2) is 4.79 Å². The van der Waals surface area contributed by atoms with Crippen LogP contribution in [0.25, 0.3) is 0 Å². The molecule has 3 heterocycles. The number of carboxylic acids is 1. The van der Waals surface area contributed by atoms with Crippen molar-refractivity contribution in [3.8, 4) is 6.07 Å². The Kier molecular flexibility index (Phi) is 7.34. The van der Waals surface area contributed by atoms with Crippen LogP contribution < -0.4 is 5.32 Å². The van der Waals surface area contributed by atoms with Gasteiger partial charge in [-0.2, -0.15) is 15.0 Å². The van der Waals surface area contributed by atoms with Crippen LogP contribution in [0.15, 0.2) is 12.1 Å². The third kappa shape index (κ3) is 5.36. The highest BCUT2D eigenvalue weighted by atomic mass is 35.5. The zero-order valence-electron chi connectivity index (χ0n) is 20.7. The van der Waals surface area contributed by atoms with E-state index in [1.165, 1.54) is 16.2 Å². The molecule has 2 aromatic heterocycles. The van der Waals surface area contributed by atoms with Crippen molar-refractivity contribution in [1.82, 2.24) is 14.7 Å². The van der Waals surface area contributed by atoms with Crippen LogP contribution in [0.3, 0.4) is 0 Å². The molecule has 1 aliphatic rings. The number of halogens is 1. The highest BCUT2D eigenvalue weighted by Gasteiger charge is 2.47. The first-order valence-electron chi connectivity index (χ1n) is 11.3. The van der Waals surface area contributed by atoms with Crippen LogP contribution in [-0.4, -0.2) is 50.2 Å². The predicted octanol–water partition coefficient (Wildman–Crippen LogP) is 4.58. The fourth-order valence-corrected chi connectivity index (χ4v) is 5.12. The quantitative estimate of drug-likeness (QED) is 0.591. The number of anilines is 1. The van der Waals surface area contributed by atoms with Crippen molar-refractivity contribution in [1.29, 1.82) is 5.26 Å². The summed E-state index contributed by atoms with van der Waals surface area (Å²) in [7, 11) is 0. The van der Waals surface area contributed by atoms with Crippen LogP contribution in [0.4, 0.5) is 5.82 Å². The molecule has 2 aromatic rings. The van der Waals surface area contributed by atoms with Gasteiger partial charge in [0.2, 0.25) is 5.91 Å². The summed E-state index contributed by atoms with van der Waals surface area (Å²) in [5, 5.41) is 27.8. The van der Waals surface area contributed by atoms with Gasteiger partial charge >= 0.3 is 5.97 Å². The van der Waals surface area contributed by atoms with Gasteiger partial charge in [0.05, 0.1) is 16.6 Å². The van der Waals surface area contributed by atoms with Gasteiger partial charge < -0.3 is 15.3 Å². The summed E-state index contributed by atoms with van der Waals surface area (Å²) in [6.07, 6.45) is 0.314. The van der Waals surface area contributed by atoms with Crippen LogP contribution in [0.1, 0.15) is 74.8 Å². The second-order valence-corrected chi connectivity index (χ2v) is 12.5. The Morgan fingerprint density at radius 1 is 1.20 bits per heavy atom. The van der Waals surface area contributed by atoms with Crippen molar-refractivity contribution >= 4 is 46.5 Å². The smallest absolute Gasteiger partial charge is 0.327 e. The number of amides is 1. The standard InChI is InChI=1S/C24H30ClN5O4S/c1-23(2,3)21(33)29-10-9-14(18(29)20(31)32)17-15(11-26)19(27-12-13-7-8-16(25)35-13)30(28-17)22(34)24(4,5)6/h7-8,14,18,27H,9-10,12H2,1-6H3,(H,31,32). The monoisotopic (exact) mass is 519 g/mol. The number of carboxylic acid groups (broad SMARTS) is 1. The number of hydrogen-bond acceptors (Lipinski definition) is 7. The van der Waals surface area contributed by atoms with E-state index in [0.29, 0.717) is 17.3 Å². The molecule has 11 heteroatoms. The zero-order chi connectivity index (χ0) is 26.3. The minimum atomic E-state index is -1.19. The predicted molar refractivity (Wildman–Crippen MR) is 134 cm³/mol. The minimum absolute atomic E-state index is 0.103. The molecule has 2 unspecified atom stereocenters. The Hall–Kier alpha value is -2.90. The molecular weight excluding hydrogens is 490 g/mol. The lowest BCUT2D eigenvalue weighted by molar-refractivity contribution is -0.152. The topological polar surface area (TPSA) is 128 Å². The minimum Gasteiger partial charge on any atom is -0.480 e. The SMILES string of the molecule is CC(C)(C)C(=O)N1CCC(c2nn(C(=O)C(C)(C)C)c(NCc3ccc(Cl)s3)c2C#N)C1C(=O)O. The van der Waals surface area contributed by atoms with Crippen molar-refractivity contribution in [2.24, 2.45) is 10.8 Å². The van der Waals surface area contributed by atoms with Crippen molar-refractivity contribution in [3.05, 3.63) is 32.6 Å². The highest BCUT2D eigenvalue weighted by Crippen LogP contribution is 2.39. The van der Waals surface area contributed by atoms with Gasteiger partial charge in [0, 0.05) is 28.2 Å². The molecule has 1 amide bonds. The molecule has 2 atom stereocenters. The molecule has 2 N–H and O–H groups in total. The van der Waals surface area contributed by atoms with E-state index in [-0.39, 0.29) is 35.4 Å². The summed E-state index contributed by atoms with van der Waals surface area (Å²) < 4.78 is 1.78. The Morgan fingerprint density at radius 2 is 1.83 bits per heavy atom. The molecule has 0 bridgehead atoms. The van der Waals surface area contributed by atoms with Crippen LogP contribution >= 0.6 is 22.9 Å². The van der Waals surface area contributed by atoms with Gasteiger partial charge in [0.25, 0.3) is 5.91 Å². The van der Waals surface area contributed by atoms with E-state index in [0.717, 1.165) is 9.56 Å². The summed E-state index contributed by atoms with van der Waals surface area (Å²) in [6, 6.07) is 4.54. The summed E-state index contributed by atoms with van der Waals surface area (Å²) in [5.74, 6) is -2.34. The fourth-order valence-electron chi connectivity index (χ4n) is 4.09. The first-order valence-corrected chi connectivity index (χ1v) is 12.5. The van der Waals surface area contributed by atoms with E-state index >= 15 is 0 Å². The van der Waals surface area contributed by atoms with Crippen LogP contribution in [0.2, 0.25) is 4.34 Å². The number of aromatic nitrogens is 2. The van der Waals surface area contributed by atoms with Crippen molar-refractivity contribution in [2.75, 3.05) is 11.9 Å². The lowest BCUT2D eigenvalue weighted by atomic mass is 9.91. The molecular formula is C24H30ClN5O4S. The maximum Gasteiger partial charge on any atom is 0.327 e. The lowest BCUT2D eigenvalue weighted by Gasteiger charge is -2.30. The Balaban J connectivity index is 2.10. The van der Waals surface area contributed by atoms with Crippen LogP contribution in [-0.2, 0) is 16.1 Å². The molecule has 1 fully saturated rings. The third-order valence-electron chi connectivity index (χ3n) is 5.82. The molecule has 9 nitrogen and oxygen atoms in total. The number of nitrogens with one attached hydrogen (secondary N) is 1. The van der Waals surface area contributed by atoms with Gasteiger partial charge in [-0.05, 0) is 18.6 Å². The first kappa shape index (κ1) is 26.7. The van der Waals surface area contributed by atoms with Gasteiger partial charge in [-0.1, -0.05) is 53.1 Å². The molecule has 0 aromatic carbocycles. The fraction of sp³-hybridized carbons (Fsp3) is 0.542. The summed E-state index contributed by atoms with van der Waals surface area (Å²) in [4.78, 5) is 40.8. The zero-order valence-corrected chi connectivity index (χ0v) is 22.3. The molecule has 0 spiro atoms. The largest absolute Gasteiger partial charge is 0.480 e. The number of thiophene rings is 1. The second kappa shape index (κ2) is 9.63. The number of nitriles is 1. The average molecular weight is 520 g/mol. The van der Waals surface area contributed by atoms with Gasteiger partial charge in [-0.3, -0.25) is 9.59 Å². The summed E-state index contributed by atoms with van der Waals surface area (Å²) in [5.41, 5.74) is -1.27. The maximum atomic E-state index is 13.3. The summed E-state index contributed by atoms with van der Waals surface area (Å²) >= 11 is 7.39. The number of likely N-dealkylation sites (tertiary alicyclic amines) is 1. The van der Waals surface area contributed by atoms with Crippen molar-refractivity contribution in [2.45, 2.75) is 66.5 Å². The lowest BCUT2D eigenvalue weighted by Crippen LogP contribution is -2.47. The molecule has 35 heavy (non-hydrogen) atoms. The molecule has 3 rings (SSSR count). The van der Waals surface area contributed by atoms with Crippen LogP contribution in [0.5, 0.6) is 0 Å². The van der Waals surface area contributed by atoms with E-state index in [4.69, 9.17) is 11.6 Å². The number of aliphatic carboxylic acids is 1. The Morgan fingerprint density at radius 3 is 2.31 bits per heavy atom. The molecule has 0 saturated carbocycles. The van der Waals surface area contributed by atoms with Gasteiger partial charge in [0.1, 0.15) is 17.7 Å². The second-order valence-electron chi connectivity index (χ2n) is 10.7. The number of carbonyl (C=O) groups is 3. The molecule has 0 radical (unpaired) electrons. The average Bonchev–Trinajstić information content (AvgIpc) is 3.45. The maximum absolute atomic E-state index is 13.3. The van der Waals surface area contributed by atoms with Crippen molar-refractivity contribution in [3.63, 3.8) is 0 Å². The molecule has 1 aliphatic heterocycles. The normalized spacial score (nSPS) is 18.4. The van der Waals surface area contributed by atoms with Gasteiger partial charge in [-0.15, -0.1) is 11.3 Å². The highest BCUT2D eigenvalue weighted by molar-refractivity contribution is 7.16. The van der Waals surface area contributed by atoms with Crippen molar-refractivity contribution < 1.29 is 19.5 Å². The first-order chi connectivity index (χ1) is 16.2. The molecule has 0 aliphatic carbocycles. The van der Waals surface area contributed by atoms with Crippen LogP contribution in [0, 0.1) is 22.2 Å². The number of rotatable bonds is 5. The number of nitrogens with zero attached hydrogens (tertiary/aromatic N) is 4. The summed E-state index contributed by atoms with van der Waals surface area (Å²) in [6.45, 7) is 10.9. The van der Waals surface area contributed by atoms with E-state index in [1.54, 1.807) is 47.6 Å². The third-order valence-corrected chi connectivity index (χ3v) is 7.05. The number of carbonyl (C=O) groups excluding carboxylic acids is 2. The van der Waals surface area contributed by atoms with Gasteiger partial charge in [0.15, 0.2) is 5.82 Å². The van der Waals surface area contributed by atoms with E-state index < -0.39 is 28.8 Å². The van der Waals surface area contributed by atoms with E-state index in [9.17, 15) is 24.8 Å². The Bertz CT molecular complexity index is 1200. The molecule has 1 saturated heterocycles. The van der Waals surface area contributed by atoms with E-state index in [2.05, 4.69) is 16.5 Å². The molecule has 188 valence electrons. The van der Waals surface area contributed by atoms with E-state index in [1.807, 2.05) is 6.07 Å².